The second-order valence-electron chi connectivity index (χ2n) is 4.72. The summed E-state index contributed by atoms with van der Waals surface area (Å²) >= 11 is 0. The lowest BCUT2D eigenvalue weighted by atomic mass is 10.1. The molecule has 1 amide bonds. The Bertz CT molecular complexity index is 419. The van der Waals surface area contributed by atoms with Crippen LogP contribution in [0.2, 0.25) is 0 Å². The van der Waals surface area contributed by atoms with E-state index in [1.165, 1.54) is 0 Å². The van der Waals surface area contributed by atoms with Gasteiger partial charge in [0.05, 0.1) is 12.7 Å². The van der Waals surface area contributed by atoms with Crippen LogP contribution in [-0.2, 0) is 0 Å². The normalized spacial score (nSPS) is 10.5. The van der Waals surface area contributed by atoms with Gasteiger partial charge >= 0.3 is 0 Å². The number of nitrogens with zero attached hydrogens (tertiary/aromatic N) is 1. The molecule has 0 bridgehead atoms. The molecule has 0 aliphatic rings. The number of nitrogen functional groups attached to an aromatic ring is 1. The molecule has 1 aromatic carbocycles. The number of carbonyl (C=O) groups excluding carboxylic acids is 1. The SMILES string of the molecule is COc1ccc(C(=O)NCCCCN(C)C)c(N)c1. The van der Waals surface area contributed by atoms with Gasteiger partial charge in [-0.15, -0.1) is 0 Å². The number of rotatable bonds is 7. The van der Waals surface area contributed by atoms with Crippen molar-refractivity contribution >= 4 is 11.6 Å². The Kier molecular flexibility index (Phi) is 6.15. The van der Waals surface area contributed by atoms with Gasteiger partial charge in [-0.25, -0.2) is 0 Å². The standard InChI is InChI=1S/C14H23N3O2/c1-17(2)9-5-4-8-16-14(18)12-7-6-11(19-3)10-13(12)15/h6-7,10H,4-5,8-9,15H2,1-3H3,(H,16,18). The lowest BCUT2D eigenvalue weighted by Gasteiger charge is -2.10. The number of hydrogen-bond donors (Lipinski definition) is 2. The number of amides is 1. The summed E-state index contributed by atoms with van der Waals surface area (Å²) in [5, 5.41) is 2.87. The molecular formula is C14H23N3O2. The maximum atomic E-state index is 11.9. The molecular weight excluding hydrogens is 242 g/mol. The van der Waals surface area contributed by atoms with Crippen LogP contribution in [-0.4, -0.2) is 45.1 Å². The number of benzene rings is 1. The van der Waals surface area contributed by atoms with Gasteiger partial charge in [-0.3, -0.25) is 4.79 Å². The Hall–Kier alpha value is -1.75. The molecule has 0 spiro atoms. The molecule has 0 heterocycles. The van der Waals surface area contributed by atoms with Crippen molar-refractivity contribution in [3.63, 3.8) is 0 Å². The predicted molar refractivity (Wildman–Crippen MR) is 77.5 cm³/mol. The molecule has 0 aromatic heterocycles. The first-order valence-electron chi connectivity index (χ1n) is 6.41. The number of nitrogens with one attached hydrogen (secondary N) is 1. The second-order valence-corrected chi connectivity index (χ2v) is 4.72. The molecule has 0 saturated heterocycles. The van der Waals surface area contributed by atoms with Crippen molar-refractivity contribution in [1.82, 2.24) is 10.2 Å². The van der Waals surface area contributed by atoms with E-state index in [4.69, 9.17) is 10.5 Å². The monoisotopic (exact) mass is 265 g/mol. The molecule has 1 rings (SSSR count). The van der Waals surface area contributed by atoms with E-state index in [2.05, 4.69) is 10.2 Å². The molecule has 3 N–H and O–H groups in total. The van der Waals surface area contributed by atoms with Crippen molar-refractivity contribution in [3.05, 3.63) is 23.8 Å². The third kappa shape index (κ3) is 5.18. The minimum absolute atomic E-state index is 0.134. The maximum absolute atomic E-state index is 11.9. The Morgan fingerprint density at radius 3 is 2.68 bits per heavy atom. The highest BCUT2D eigenvalue weighted by Gasteiger charge is 2.09. The van der Waals surface area contributed by atoms with Gasteiger partial charge in [0.2, 0.25) is 0 Å². The van der Waals surface area contributed by atoms with Crippen LogP contribution in [0.25, 0.3) is 0 Å². The summed E-state index contributed by atoms with van der Waals surface area (Å²) in [5.74, 6) is 0.519. The van der Waals surface area contributed by atoms with Gasteiger partial charge in [0.25, 0.3) is 5.91 Å². The van der Waals surface area contributed by atoms with Gasteiger partial charge in [-0.05, 0) is 45.6 Å². The van der Waals surface area contributed by atoms with Crippen molar-refractivity contribution in [3.8, 4) is 5.75 Å². The first-order valence-corrected chi connectivity index (χ1v) is 6.41. The zero-order chi connectivity index (χ0) is 14.3. The third-order valence-corrected chi connectivity index (χ3v) is 2.82. The minimum atomic E-state index is -0.134. The van der Waals surface area contributed by atoms with E-state index in [0.29, 0.717) is 23.5 Å². The summed E-state index contributed by atoms with van der Waals surface area (Å²) in [6.07, 6.45) is 2.02. The van der Waals surface area contributed by atoms with E-state index in [0.717, 1.165) is 19.4 Å². The van der Waals surface area contributed by atoms with E-state index in [9.17, 15) is 4.79 Å². The minimum Gasteiger partial charge on any atom is -0.497 e. The number of carbonyl (C=O) groups is 1. The van der Waals surface area contributed by atoms with Crippen molar-refractivity contribution in [2.45, 2.75) is 12.8 Å². The Morgan fingerprint density at radius 2 is 2.11 bits per heavy atom. The molecule has 1 aromatic rings. The van der Waals surface area contributed by atoms with Crippen molar-refractivity contribution in [1.29, 1.82) is 0 Å². The van der Waals surface area contributed by atoms with Gasteiger partial charge < -0.3 is 20.7 Å². The van der Waals surface area contributed by atoms with Crippen LogP contribution >= 0.6 is 0 Å². The van der Waals surface area contributed by atoms with Crippen LogP contribution in [0.15, 0.2) is 18.2 Å². The number of nitrogens with two attached hydrogens (primary N) is 1. The molecule has 5 heteroatoms. The molecule has 5 nitrogen and oxygen atoms in total. The Balaban J connectivity index is 2.41. The molecule has 0 atom stereocenters. The fourth-order valence-corrected chi connectivity index (χ4v) is 1.72. The van der Waals surface area contributed by atoms with Crippen LogP contribution in [0.1, 0.15) is 23.2 Å². The van der Waals surface area contributed by atoms with Gasteiger partial charge in [-0.2, -0.15) is 0 Å². The average Bonchev–Trinajstić information content (AvgIpc) is 2.37. The molecule has 19 heavy (non-hydrogen) atoms. The number of hydrogen-bond acceptors (Lipinski definition) is 4. The summed E-state index contributed by atoms with van der Waals surface area (Å²) in [7, 11) is 5.65. The van der Waals surface area contributed by atoms with Crippen molar-refractivity contribution in [2.24, 2.45) is 0 Å². The van der Waals surface area contributed by atoms with Crippen LogP contribution < -0.4 is 15.8 Å². The largest absolute Gasteiger partial charge is 0.497 e. The second kappa shape index (κ2) is 7.63. The molecule has 0 aliphatic heterocycles. The predicted octanol–water partition coefficient (Wildman–Crippen LogP) is 1.35. The quantitative estimate of drug-likeness (QED) is 0.577. The molecule has 0 unspecified atom stereocenters. The van der Waals surface area contributed by atoms with Gasteiger partial charge in [0, 0.05) is 18.3 Å². The highest BCUT2D eigenvalue weighted by Crippen LogP contribution is 2.19. The average molecular weight is 265 g/mol. The fourth-order valence-electron chi connectivity index (χ4n) is 1.72. The number of ether oxygens (including phenoxy) is 1. The smallest absolute Gasteiger partial charge is 0.253 e. The maximum Gasteiger partial charge on any atom is 0.253 e. The number of anilines is 1. The van der Waals surface area contributed by atoms with E-state index in [-0.39, 0.29) is 5.91 Å². The third-order valence-electron chi connectivity index (χ3n) is 2.82. The highest BCUT2D eigenvalue weighted by molar-refractivity contribution is 5.99. The lowest BCUT2D eigenvalue weighted by molar-refractivity contribution is 0.0953. The van der Waals surface area contributed by atoms with Gasteiger partial charge in [0.15, 0.2) is 0 Å². The van der Waals surface area contributed by atoms with Gasteiger partial charge in [-0.1, -0.05) is 0 Å². The zero-order valence-corrected chi connectivity index (χ0v) is 11.9. The Morgan fingerprint density at radius 1 is 1.37 bits per heavy atom. The summed E-state index contributed by atoms with van der Waals surface area (Å²) < 4.78 is 5.05. The van der Waals surface area contributed by atoms with Gasteiger partial charge in [0.1, 0.15) is 5.75 Å². The van der Waals surface area contributed by atoms with Crippen LogP contribution in [0, 0.1) is 0 Å². The summed E-state index contributed by atoms with van der Waals surface area (Å²) in [6.45, 7) is 1.69. The number of methoxy groups -OCH3 is 1. The van der Waals surface area contributed by atoms with E-state index < -0.39 is 0 Å². The van der Waals surface area contributed by atoms with Crippen molar-refractivity contribution in [2.75, 3.05) is 40.0 Å². The van der Waals surface area contributed by atoms with Crippen LogP contribution in [0.3, 0.4) is 0 Å². The molecule has 0 aliphatic carbocycles. The summed E-state index contributed by atoms with van der Waals surface area (Å²) in [6, 6.07) is 5.07. The number of unbranched alkanes of at least 4 members (excludes halogenated alkanes) is 1. The molecule has 0 saturated carbocycles. The summed E-state index contributed by atoms with van der Waals surface area (Å²) in [4.78, 5) is 14.0. The van der Waals surface area contributed by atoms with Crippen LogP contribution in [0.4, 0.5) is 5.69 Å². The van der Waals surface area contributed by atoms with E-state index in [1.54, 1.807) is 25.3 Å². The zero-order valence-electron chi connectivity index (χ0n) is 11.9. The Labute approximate surface area is 114 Å². The van der Waals surface area contributed by atoms with Crippen LogP contribution in [0.5, 0.6) is 5.75 Å². The molecule has 0 radical (unpaired) electrons. The lowest BCUT2D eigenvalue weighted by Crippen LogP contribution is -2.26. The topological polar surface area (TPSA) is 67.6 Å². The van der Waals surface area contributed by atoms with E-state index >= 15 is 0 Å². The molecule has 106 valence electrons. The fraction of sp³-hybridized carbons (Fsp3) is 0.500. The van der Waals surface area contributed by atoms with E-state index in [1.807, 2.05) is 14.1 Å². The highest BCUT2D eigenvalue weighted by atomic mass is 16.5. The molecule has 0 fully saturated rings. The first-order chi connectivity index (χ1) is 9.04. The van der Waals surface area contributed by atoms with Crippen molar-refractivity contribution < 1.29 is 9.53 Å². The first kappa shape index (κ1) is 15.3. The summed E-state index contributed by atoms with van der Waals surface area (Å²) in [5.41, 5.74) is 6.75.